The van der Waals surface area contributed by atoms with E-state index in [0.717, 1.165) is 18.3 Å². The standard InChI is InChI=1S/C11H20N4/c1-4-15(9-5-6-9)11-10(7-12)8(2)13-14(11)3/h9H,4-7,12H2,1-3H3. The molecule has 0 amide bonds. The van der Waals surface area contributed by atoms with Gasteiger partial charge in [0.1, 0.15) is 5.82 Å². The zero-order valence-electron chi connectivity index (χ0n) is 9.82. The molecule has 1 aliphatic carbocycles. The minimum Gasteiger partial charge on any atom is -0.354 e. The maximum Gasteiger partial charge on any atom is 0.131 e. The molecule has 1 saturated carbocycles. The summed E-state index contributed by atoms with van der Waals surface area (Å²) >= 11 is 0. The van der Waals surface area contributed by atoms with E-state index in [0.29, 0.717) is 6.54 Å². The van der Waals surface area contributed by atoms with Crippen LogP contribution < -0.4 is 10.6 Å². The van der Waals surface area contributed by atoms with Crippen molar-refractivity contribution < 1.29 is 0 Å². The lowest BCUT2D eigenvalue weighted by molar-refractivity contribution is 0.701. The lowest BCUT2D eigenvalue weighted by Crippen LogP contribution is -2.28. The van der Waals surface area contributed by atoms with Gasteiger partial charge in [0.05, 0.1) is 5.69 Å². The van der Waals surface area contributed by atoms with Crippen molar-refractivity contribution in [1.29, 1.82) is 0 Å². The van der Waals surface area contributed by atoms with E-state index in [1.54, 1.807) is 0 Å². The summed E-state index contributed by atoms with van der Waals surface area (Å²) in [6, 6.07) is 0.718. The van der Waals surface area contributed by atoms with E-state index in [2.05, 4.69) is 16.9 Å². The van der Waals surface area contributed by atoms with E-state index in [-0.39, 0.29) is 0 Å². The Morgan fingerprint density at radius 1 is 1.53 bits per heavy atom. The van der Waals surface area contributed by atoms with Crippen molar-refractivity contribution in [3.05, 3.63) is 11.3 Å². The first kappa shape index (κ1) is 10.5. The number of anilines is 1. The monoisotopic (exact) mass is 208 g/mol. The Bertz CT molecular complexity index is 352. The average molecular weight is 208 g/mol. The van der Waals surface area contributed by atoms with E-state index in [4.69, 9.17) is 5.73 Å². The maximum atomic E-state index is 5.80. The number of aryl methyl sites for hydroxylation is 2. The Hall–Kier alpha value is -1.03. The first-order valence-corrected chi connectivity index (χ1v) is 5.68. The van der Waals surface area contributed by atoms with Crippen molar-refractivity contribution >= 4 is 5.82 Å². The quantitative estimate of drug-likeness (QED) is 0.808. The summed E-state index contributed by atoms with van der Waals surface area (Å²) in [4.78, 5) is 2.43. The number of nitrogens with zero attached hydrogens (tertiary/aromatic N) is 3. The molecule has 1 aromatic heterocycles. The van der Waals surface area contributed by atoms with E-state index in [9.17, 15) is 0 Å². The second-order valence-electron chi connectivity index (χ2n) is 4.23. The van der Waals surface area contributed by atoms with Crippen LogP contribution in [0.2, 0.25) is 0 Å². The molecule has 1 aromatic rings. The topological polar surface area (TPSA) is 47.1 Å². The molecule has 0 radical (unpaired) electrons. The fourth-order valence-electron chi connectivity index (χ4n) is 2.26. The van der Waals surface area contributed by atoms with Crippen LogP contribution in [-0.4, -0.2) is 22.4 Å². The van der Waals surface area contributed by atoms with Gasteiger partial charge < -0.3 is 10.6 Å². The molecular weight excluding hydrogens is 188 g/mol. The fraction of sp³-hybridized carbons (Fsp3) is 0.727. The number of aromatic nitrogens is 2. The molecule has 1 aliphatic rings. The number of nitrogens with two attached hydrogens (primary N) is 1. The molecule has 0 saturated heterocycles. The van der Waals surface area contributed by atoms with Crippen LogP contribution in [0.1, 0.15) is 31.0 Å². The third-order valence-electron chi connectivity index (χ3n) is 3.12. The molecule has 0 bridgehead atoms. The molecule has 84 valence electrons. The van der Waals surface area contributed by atoms with Crippen molar-refractivity contribution in [2.45, 2.75) is 39.3 Å². The second kappa shape index (κ2) is 3.85. The number of hydrogen-bond donors (Lipinski definition) is 1. The van der Waals surface area contributed by atoms with Crippen LogP contribution in [0, 0.1) is 6.92 Å². The predicted octanol–water partition coefficient (Wildman–Crippen LogP) is 1.18. The van der Waals surface area contributed by atoms with Gasteiger partial charge in [0.2, 0.25) is 0 Å². The van der Waals surface area contributed by atoms with Crippen LogP contribution in [0.5, 0.6) is 0 Å². The SMILES string of the molecule is CCN(c1c(CN)c(C)nn1C)C1CC1. The lowest BCUT2D eigenvalue weighted by Gasteiger charge is -2.23. The van der Waals surface area contributed by atoms with E-state index in [1.807, 2.05) is 18.7 Å². The molecule has 1 fully saturated rings. The first-order chi connectivity index (χ1) is 7.19. The van der Waals surface area contributed by atoms with E-state index in [1.165, 1.54) is 24.2 Å². The summed E-state index contributed by atoms with van der Waals surface area (Å²) in [6.07, 6.45) is 2.62. The highest BCUT2D eigenvalue weighted by molar-refractivity contribution is 5.51. The molecule has 2 N–H and O–H groups in total. The summed E-state index contributed by atoms with van der Waals surface area (Å²) in [6.45, 7) is 5.85. The number of hydrogen-bond acceptors (Lipinski definition) is 3. The van der Waals surface area contributed by atoms with Crippen LogP contribution in [0.25, 0.3) is 0 Å². The van der Waals surface area contributed by atoms with Crippen molar-refractivity contribution in [3.8, 4) is 0 Å². The Morgan fingerprint density at radius 2 is 2.20 bits per heavy atom. The van der Waals surface area contributed by atoms with Crippen molar-refractivity contribution in [2.75, 3.05) is 11.4 Å². The zero-order chi connectivity index (χ0) is 11.0. The largest absolute Gasteiger partial charge is 0.354 e. The third-order valence-corrected chi connectivity index (χ3v) is 3.12. The Morgan fingerprint density at radius 3 is 2.67 bits per heavy atom. The van der Waals surface area contributed by atoms with Crippen LogP contribution in [0.15, 0.2) is 0 Å². The molecule has 0 spiro atoms. The summed E-state index contributed by atoms with van der Waals surface area (Å²) in [7, 11) is 2.01. The van der Waals surface area contributed by atoms with Gasteiger partial charge >= 0.3 is 0 Å². The highest BCUT2D eigenvalue weighted by Gasteiger charge is 2.31. The van der Waals surface area contributed by atoms with Crippen LogP contribution in [0.4, 0.5) is 5.82 Å². The van der Waals surface area contributed by atoms with Crippen molar-refractivity contribution in [1.82, 2.24) is 9.78 Å². The summed E-state index contributed by atoms with van der Waals surface area (Å²) < 4.78 is 1.97. The van der Waals surface area contributed by atoms with Crippen LogP contribution in [0.3, 0.4) is 0 Å². The normalized spacial score (nSPS) is 15.7. The minimum absolute atomic E-state index is 0.582. The van der Waals surface area contributed by atoms with Gasteiger partial charge in [-0.15, -0.1) is 0 Å². The Balaban J connectivity index is 2.39. The third kappa shape index (κ3) is 1.74. The highest BCUT2D eigenvalue weighted by atomic mass is 15.4. The average Bonchev–Trinajstić information content (AvgIpc) is 2.97. The van der Waals surface area contributed by atoms with Gasteiger partial charge in [-0.05, 0) is 26.7 Å². The predicted molar refractivity (Wildman–Crippen MR) is 61.9 cm³/mol. The molecule has 1 heterocycles. The molecule has 0 atom stereocenters. The van der Waals surface area contributed by atoms with Gasteiger partial charge in [-0.1, -0.05) is 0 Å². The van der Waals surface area contributed by atoms with Gasteiger partial charge in [0, 0.05) is 31.7 Å². The minimum atomic E-state index is 0.582. The Kier molecular flexibility index (Phi) is 2.69. The van der Waals surface area contributed by atoms with E-state index >= 15 is 0 Å². The van der Waals surface area contributed by atoms with Crippen molar-refractivity contribution in [3.63, 3.8) is 0 Å². The molecule has 0 unspecified atom stereocenters. The molecular formula is C11H20N4. The highest BCUT2D eigenvalue weighted by Crippen LogP contribution is 2.33. The lowest BCUT2D eigenvalue weighted by atomic mass is 10.2. The summed E-state index contributed by atoms with van der Waals surface area (Å²) in [5.41, 5.74) is 8.06. The van der Waals surface area contributed by atoms with Gasteiger partial charge in [-0.25, -0.2) is 0 Å². The van der Waals surface area contributed by atoms with E-state index < -0.39 is 0 Å². The Labute approximate surface area is 91.1 Å². The molecule has 2 rings (SSSR count). The summed E-state index contributed by atoms with van der Waals surface area (Å²) in [5.74, 6) is 1.22. The van der Waals surface area contributed by atoms with Crippen LogP contribution >= 0.6 is 0 Å². The fourth-order valence-corrected chi connectivity index (χ4v) is 2.26. The molecule has 4 heteroatoms. The summed E-state index contributed by atoms with van der Waals surface area (Å²) in [5, 5.41) is 4.46. The van der Waals surface area contributed by atoms with Gasteiger partial charge in [0.25, 0.3) is 0 Å². The van der Waals surface area contributed by atoms with Crippen LogP contribution in [-0.2, 0) is 13.6 Å². The molecule has 15 heavy (non-hydrogen) atoms. The molecule has 4 nitrogen and oxygen atoms in total. The smallest absolute Gasteiger partial charge is 0.131 e. The van der Waals surface area contributed by atoms with Gasteiger partial charge in [-0.3, -0.25) is 4.68 Å². The van der Waals surface area contributed by atoms with Gasteiger partial charge in [-0.2, -0.15) is 5.10 Å². The zero-order valence-corrected chi connectivity index (χ0v) is 9.82. The molecule has 0 aliphatic heterocycles. The van der Waals surface area contributed by atoms with Crippen molar-refractivity contribution in [2.24, 2.45) is 12.8 Å². The first-order valence-electron chi connectivity index (χ1n) is 5.68. The van der Waals surface area contributed by atoms with Gasteiger partial charge in [0.15, 0.2) is 0 Å². The second-order valence-corrected chi connectivity index (χ2v) is 4.23. The number of rotatable bonds is 4. The maximum absolute atomic E-state index is 5.80. The molecule has 0 aromatic carbocycles.